The zero-order chi connectivity index (χ0) is 20.2. The van der Waals surface area contributed by atoms with Gasteiger partial charge in [0.25, 0.3) is 0 Å². The van der Waals surface area contributed by atoms with E-state index in [4.69, 9.17) is 4.74 Å². The van der Waals surface area contributed by atoms with E-state index >= 15 is 0 Å². The predicted molar refractivity (Wildman–Crippen MR) is 114 cm³/mol. The van der Waals surface area contributed by atoms with E-state index in [-0.39, 0.29) is 5.82 Å². The van der Waals surface area contributed by atoms with Gasteiger partial charge in [-0.3, -0.25) is 0 Å². The largest absolute Gasteiger partial charge is 0.495 e. The number of ether oxygens (including phenoxy) is 1. The second-order valence-electron chi connectivity index (χ2n) is 6.94. The van der Waals surface area contributed by atoms with E-state index in [1.54, 1.807) is 19.2 Å². The molecular weight excluding hydrogens is 369 g/mol. The van der Waals surface area contributed by atoms with Crippen LogP contribution in [0.25, 0.3) is 0 Å². The van der Waals surface area contributed by atoms with Crippen LogP contribution in [-0.4, -0.2) is 43.3 Å². The average Bonchev–Trinajstić information content (AvgIpc) is 2.75. The van der Waals surface area contributed by atoms with Crippen molar-refractivity contribution in [2.45, 2.75) is 6.92 Å². The molecule has 0 aliphatic carbocycles. The van der Waals surface area contributed by atoms with Crippen LogP contribution >= 0.6 is 0 Å². The molecule has 1 saturated heterocycles. The number of benzene rings is 2. The summed E-state index contributed by atoms with van der Waals surface area (Å²) in [5.41, 5.74) is 1.91. The number of hydrogen-bond acceptors (Lipinski definition) is 6. The van der Waals surface area contributed by atoms with Gasteiger partial charge in [-0.2, -0.15) is 0 Å². The molecule has 3 aromatic rings. The van der Waals surface area contributed by atoms with Gasteiger partial charge in [0, 0.05) is 37.9 Å². The van der Waals surface area contributed by atoms with Crippen LogP contribution in [0, 0.1) is 12.7 Å². The quantitative estimate of drug-likeness (QED) is 0.707. The Kier molecular flexibility index (Phi) is 5.46. The van der Waals surface area contributed by atoms with Crippen molar-refractivity contribution in [3.05, 3.63) is 66.2 Å². The van der Waals surface area contributed by atoms with E-state index in [2.05, 4.69) is 31.2 Å². The molecule has 1 aliphatic heterocycles. The van der Waals surface area contributed by atoms with Crippen LogP contribution in [0.15, 0.2) is 54.6 Å². The molecule has 0 bridgehead atoms. The highest BCUT2D eigenvalue weighted by Gasteiger charge is 2.21. The van der Waals surface area contributed by atoms with E-state index in [9.17, 15) is 4.39 Å². The predicted octanol–water partition coefficient (Wildman–Crippen LogP) is 4.00. The third-order valence-corrected chi connectivity index (χ3v) is 4.97. The number of methoxy groups -OCH3 is 1. The summed E-state index contributed by atoms with van der Waals surface area (Å²) in [7, 11) is 1.70. The van der Waals surface area contributed by atoms with Gasteiger partial charge in [0.05, 0.1) is 12.8 Å². The molecule has 1 N–H and O–H groups in total. The first-order valence-electron chi connectivity index (χ1n) is 9.63. The first kappa shape index (κ1) is 19.0. The highest BCUT2D eigenvalue weighted by molar-refractivity contribution is 5.62. The first-order chi connectivity index (χ1) is 14.1. The van der Waals surface area contributed by atoms with E-state index < -0.39 is 0 Å². The molecule has 0 spiro atoms. The Morgan fingerprint density at radius 1 is 0.931 bits per heavy atom. The lowest BCUT2D eigenvalue weighted by Gasteiger charge is -2.37. The minimum atomic E-state index is -0.261. The molecule has 4 rings (SSSR count). The molecule has 1 fully saturated rings. The Bertz CT molecular complexity index is 971. The first-order valence-corrected chi connectivity index (χ1v) is 9.63. The Morgan fingerprint density at radius 3 is 2.34 bits per heavy atom. The van der Waals surface area contributed by atoms with Crippen molar-refractivity contribution in [1.82, 2.24) is 9.97 Å². The van der Waals surface area contributed by atoms with Crippen LogP contribution < -0.4 is 19.9 Å². The summed E-state index contributed by atoms with van der Waals surface area (Å²) < 4.78 is 18.6. The third-order valence-electron chi connectivity index (χ3n) is 4.97. The molecule has 1 aliphatic rings. The maximum absolute atomic E-state index is 13.1. The molecule has 0 atom stereocenters. The standard InChI is InChI=1S/C22H24FN5O/c1-16-24-21(26-18-9-7-17(23)8-10-18)15-22(25-16)28-13-11-27(12-14-28)19-5-3-4-6-20(19)29-2/h3-10,15H,11-14H2,1-2H3,(H,24,25,26). The molecule has 2 heterocycles. The molecule has 150 valence electrons. The van der Waals surface area contributed by atoms with Crippen molar-refractivity contribution >= 4 is 23.0 Å². The average molecular weight is 393 g/mol. The Morgan fingerprint density at radius 2 is 1.62 bits per heavy atom. The van der Waals surface area contributed by atoms with Crippen molar-refractivity contribution in [1.29, 1.82) is 0 Å². The number of anilines is 4. The zero-order valence-corrected chi connectivity index (χ0v) is 16.6. The SMILES string of the molecule is COc1ccccc1N1CCN(c2cc(Nc3ccc(F)cc3)nc(C)n2)CC1. The van der Waals surface area contributed by atoms with Crippen LogP contribution in [0.3, 0.4) is 0 Å². The molecule has 7 heteroatoms. The summed E-state index contributed by atoms with van der Waals surface area (Å²) in [4.78, 5) is 13.7. The molecule has 0 saturated carbocycles. The number of piperazine rings is 1. The van der Waals surface area contributed by atoms with Crippen molar-refractivity contribution in [2.75, 3.05) is 48.4 Å². The van der Waals surface area contributed by atoms with Crippen molar-refractivity contribution in [2.24, 2.45) is 0 Å². The lowest BCUT2D eigenvalue weighted by atomic mass is 10.2. The van der Waals surface area contributed by atoms with Gasteiger partial charge in [0.15, 0.2) is 0 Å². The van der Waals surface area contributed by atoms with Crippen molar-refractivity contribution in [3.63, 3.8) is 0 Å². The summed E-state index contributed by atoms with van der Waals surface area (Å²) in [6.07, 6.45) is 0. The number of para-hydroxylation sites is 2. The fraction of sp³-hybridized carbons (Fsp3) is 0.273. The monoisotopic (exact) mass is 393 g/mol. The number of rotatable bonds is 5. The van der Waals surface area contributed by atoms with Gasteiger partial charge in [0.1, 0.15) is 29.0 Å². The summed E-state index contributed by atoms with van der Waals surface area (Å²) in [6.45, 7) is 5.34. The summed E-state index contributed by atoms with van der Waals surface area (Å²) >= 11 is 0. The van der Waals surface area contributed by atoms with Gasteiger partial charge in [-0.1, -0.05) is 12.1 Å². The minimum Gasteiger partial charge on any atom is -0.495 e. The summed E-state index contributed by atoms with van der Waals surface area (Å²) in [5, 5.41) is 3.23. The molecule has 6 nitrogen and oxygen atoms in total. The van der Waals surface area contributed by atoms with Gasteiger partial charge in [-0.15, -0.1) is 0 Å². The smallest absolute Gasteiger partial charge is 0.142 e. The number of nitrogens with zero attached hydrogens (tertiary/aromatic N) is 4. The second kappa shape index (κ2) is 8.34. The highest BCUT2D eigenvalue weighted by Crippen LogP contribution is 2.29. The number of halogens is 1. The van der Waals surface area contributed by atoms with Crippen molar-refractivity contribution in [3.8, 4) is 5.75 Å². The van der Waals surface area contributed by atoms with Gasteiger partial charge in [-0.25, -0.2) is 14.4 Å². The van der Waals surface area contributed by atoms with Crippen molar-refractivity contribution < 1.29 is 9.13 Å². The Hall–Kier alpha value is -3.35. The highest BCUT2D eigenvalue weighted by atomic mass is 19.1. The fourth-order valence-corrected chi connectivity index (χ4v) is 3.53. The van der Waals surface area contributed by atoms with Crippen LogP contribution in [0.4, 0.5) is 27.4 Å². The normalized spacial score (nSPS) is 14.0. The fourth-order valence-electron chi connectivity index (χ4n) is 3.53. The molecular formula is C22H24FN5O. The molecule has 0 unspecified atom stereocenters. The molecule has 0 radical (unpaired) electrons. The Labute approximate surface area is 170 Å². The van der Waals surface area contributed by atoms with Gasteiger partial charge < -0.3 is 19.9 Å². The van der Waals surface area contributed by atoms with Crippen LogP contribution in [0.5, 0.6) is 5.75 Å². The van der Waals surface area contributed by atoms with Gasteiger partial charge >= 0.3 is 0 Å². The summed E-state index contributed by atoms with van der Waals surface area (Å²) in [6, 6.07) is 16.3. The lowest BCUT2D eigenvalue weighted by Crippen LogP contribution is -2.47. The van der Waals surface area contributed by atoms with Crippen LogP contribution in [0.1, 0.15) is 5.82 Å². The molecule has 29 heavy (non-hydrogen) atoms. The number of aromatic nitrogens is 2. The van der Waals surface area contributed by atoms with Gasteiger partial charge in [0.2, 0.25) is 0 Å². The lowest BCUT2D eigenvalue weighted by molar-refractivity contribution is 0.413. The number of hydrogen-bond donors (Lipinski definition) is 1. The van der Waals surface area contributed by atoms with E-state index in [1.807, 2.05) is 31.2 Å². The van der Waals surface area contributed by atoms with E-state index in [1.165, 1.54) is 12.1 Å². The maximum atomic E-state index is 13.1. The summed E-state index contributed by atoms with van der Waals surface area (Å²) in [5.74, 6) is 2.92. The van der Waals surface area contributed by atoms with Crippen LogP contribution in [-0.2, 0) is 0 Å². The minimum absolute atomic E-state index is 0.261. The van der Waals surface area contributed by atoms with Crippen LogP contribution in [0.2, 0.25) is 0 Å². The topological polar surface area (TPSA) is 53.5 Å². The number of nitrogens with one attached hydrogen (secondary N) is 1. The van der Waals surface area contributed by atoms with Gasteiger partial charge in [-0.05, 0) is 43.3 Å². The molecule has 2 aromatic carbocycles. The third kappa shape index (κ3) is 4.39. The molecule has 0 amide bonds. The van der Waals surface area contributed by atoms with E-state index in [0.717, 1.165) is 49.1 Å². The Balaban J connectivity index is 1.47. The number of aryl methyl sites for hydroxylation is 1. The zero-order valence-electron chi connectivity index (χ0n) is 16.6. The van der Waals surface area contributed by atoms with E-state index in [0.29, 0.717) is 11.6 Å². The second-order valence-corrected chi connectivity index (χ2v) is 6.94. The maximum Gasteiger partial charge on any atom is 0.142 e. The molecule has 1 aromatic heterocycles.